The fourth-order valence-corrected chi connectivity index (χ4v) is 2.64. The predicted octanol–water partition coefficient (Wildman–Crippen LogP) is 2.20. The number of likely N-dealkylation sites (tertiary alicyclic amines) is 1. The van der Waals surface area contributed by atoms with Crippen LogP contribution in [0.2, 0.25) is 0 Å². The zero-order chi connectivity index (χ0) is 13.0. The van der Waals surface area contributed by atoms with Gasteiger partial charge in [0.2, 0.25) is 0 Å². The van der Waals surface area contributed by atoms with Crippen LogP contribution in [0.25, 0.3) is 0 Å². The summed E-state index contributed by atoms with van der Waals surface area (Å²) < 4.78 is 0. The Balaban J connectivity index is 1.98. The molecule has 0 spiro atoms. The van der Waals surface area contributed by atoms with Crippen LogP contribution in [0.15, 0.2) is 24.3 Å². The minimum absolute atomic E-state index is 0.180. The summed E-state index contributed by atoms with van der Waals surface area (Å²) in [7, 11) is 0. The Kier molecular flexibility index (Phi) is 4.37. The van der Waals surface area contributed by atoms with Gasteiger partial charge in [-0.1, -0.05) is 18.2 Å². The summed E-state index contributed by atoms with van der Waals surface area (Å²) in [6, 6.07) is 7.82. The lowest BCUT2D eigenvalue weighted by molar-refractivity contribution is 0.0687. The largest absolute Gasteiger partial charge is 0.339 e. The first-order valence-corrected chi connectivity index (χ1v) is 6.77. The second-order valence-corrected chi connectivity index (χ2v) is 5.13. The van der Waals surface area contributed by atoms with Crippen molar-refractivity contribution in [1.82, 2.24) is 4.90 Å². The molecule has 1 aliphatic rings. The van der Waals surface area contributed by atoms with Gasteiger partial charge in [-0.3, -0.25) is 4.79 Å². The normalized spacial score (nSPS) is 16.9. The second-order valence-electron chi connectivity index (χ2n) is 5.13. The lowest BCUT2D eigenvalue weighted by Crippen LogP contribution is -2.39. The number of carbonyl (C=O) groups is 1. The number of hydrogen-bond acceptors (Lipinski definition) is 2. The summed E-state index contributed by atoms with van der Waals surface area (Å²) >= 11 is 0. The highest BCUT2D eigenvalue weighted by Gasteiger charge is 2.23. The van der Waals surface area contributed by atoms with E-state index in [0.29, 0.717) is 5.92 Å². The van der Waals surface area contributed by atoms with Crippen LogP contribution in [0, 0.1) is 12.8 Å². The van der Waals surface area contributed by atoms with Crippen molar-refractivity contribution >= 4 is 5.91 Å². The average molecular weight is 246 g/mol. The van der Waals surface area contributed by atoms with E-state index in [1.165, 1.54) is 0 Å². The van der Waals surface area contributed by atoms with Crippen LogP contribution >= 0.6 is 0 Å². The maximum atomic E-state index is 12.4. The molecule has 0 aliphatic carbocycles. The molecule has 0 unspecified atom stereocenters. The predicted molar refractivity (Wildman–Crippen MR) is 73.5 cm³/mol. The molecule has 1 fully saturated rings. The number of amides is 1. The summed E-state index contributed by atoms with van der Waals surface area (Å²) in [5, 5.41) is 0. The van der Waals surface area contributed by atoms with Gasteiger partial charge in [-0.15, -0.1) is 0 Å². The fourth-order valence-electron chi connectivity index (χ4n) is 2.64. The number of benzene rings is 1. The molecule has 1 aliphatic heterocycles. The Morgan fingerprint density at radius 2 is 2.00 bits per heavy atom. The van der Waals surface area contributed by atoms with Crippen LogP contribution < -0.4 is 5.73 Å². The van der Waals surface area contributed by atoms with E-state index in [0.717, 1.165) is 50.0 Å². The monoisotopic (exact) mass is 246 g/mol. The van der Waals surface area contributed by atoms with E-state index in [-0.39, 0.29) is 5.91 Å². The molecular formula is C15H22N2O. The van der Waals surface area contributed by atoms with Crippen LogP contribution in [0.4, 0.5) is 0 Å². The highest BCUT2D eigenvalue weighted by Crippen LogP contribution is 2.22. The molecule has 1 heterocycles. The van der Waals surface area contributed by atoms with Crippen molar-refractivity contribution in [2.45, 2.75) is 26.2 Å². The number of piperidine rings is 1. The first kappa shape index (κ1) is 13.1. The topological polar surface area (TPSA) is 46.3 Å². The van der Waals surface area contributed by atoms with Gasteiger partial charge in [0.1, 0.15) is 0 Å². The van der Waals surface area contributed by atoms with Crippen LogP contribution in [0.3, 0.4) is 0 Å². The number of nitrogens with zero attached hydrogens (tertiary/aromatic N) is 1. The summed E-state index contributed by atoms with van der Waals surface area (Å²) in [6.07, 6.45) is 3.27. The van der Waals surface area contributed by atoms with Crippen molar-refractivity contribution in [1.29, 1.82) is 0 Å². The minimum atomic E-state index is 0.180. The van der Waals surface area contributed by atoms with E-state index in [2.05, 4.69) is 0 Å². The van der Waals surface area contributed by atoms with E-state index >= 15 is 0 Å². The number of rotatable bonds is 3. The van der Waals surface area contributed by atoms with Gasteiger partial charge in [0.15, 0.2) is 0 Å². The highest BCUT2D eigenvalue weighted by molar-refractivity contribution is 5.95. The average Bonchev–Trinajstić information content (AvgIpc) is 2.40. The molecule has 3 nitrogen and oxygen atoms in total. The van der Waals surface area contributed by atoms with Crippen LogP contribution in [-0.2, 0) is 0 Å². The van der Waals surface area contributed by atoms with Gasteiger partial charge < -0.3 is 10.6 Å². The highest BCUT2D eigenvalue weighted by atomic mass is 16.2. The van der Waals surface area contributed by atoms with Crippen LogP contribution in [-0.4, -0.2) is 30.4 Å². The third kappa shape index (κ3) is 2.91. The fraction of sp³-hybridized carbons (Fsp3) is 0.533. The number of hydrogen-bond donors (Lipinski definition) is 1. The molecule has 1 amide bonds. The SMILES string of the molecule is Cc1ccccc1C(=O)N1CCC(CCN)CC1. The Hall–Kier alpha value is -1.35. The third-order valence-electron chi connectivity index (χ3n) is 3.85. The van der Waals surface area contributed by atoms with Gasteiger partial charge >= 0.3 is 0 Å². The van der Waals surface area contributed by atoms with Gasteiger partial charge in [-0.25, -0.2) is 0 Å². The molecule has 0 saturated carbocycles. The lowest BCUT2D eigenvalue weighted by atomic mass is 9.93. The second kappa shape index (κ2) is 6.01. The first-order valence-electron chi connectivity index (χ1n) is 6.77. The Bertz CT molecular complexity index is 409. The number of carbonyl (C=O) groups excluding carboxylic acids is 1. The van der Waals surface area contributed by atoms with Crippen molar-refractivity contribution in [2.75, 3.05) is 19.6 Å². The summed E-state index contributed by atoms with van der Waals surface area (Å²) in [5.41, 5.74) is 7.49. The quantitative estimate of drug-likeness (QED) is 0.888. The zero-order valence-corrected chi connectivity index (χ0v) is 11.1. The van der Waals surface area contributed by atoms with Gasteiger partial charge in [0, 0.05) is 18.7 Å². The van der Waals surface area contributed by atoms with Gasteiger partial charge in [0.05, 0.1) is 0 Å². The molecule has 0 bridgehead atoms. The maximum absolute atomic E-state index is 12.4. The van der Waals surface area contributed by atoms with E-state index in [9.17, 15) is 4.79 Å². The van der Waals surface area contributed by atoms with Gasteiger partial charge in [0.25, 0.3) is 5.91 Å². The van der Waals surface area contributed by atoms with E-state index in [1.54, 1.807) is 0 Å². The van der Waals surface area contributed by atoms with Crippen molar-refractivity contribution in [3.63, 3.8) is 0 Å². The van der Waals surface area contributed by atoms with Gasteiger partial charge in [-0.05, 0) is 50.3 Å². The van der Waals surface area contributed by atoms with Crippen molar-refractivity contribution < 1.29 is 4.79 Å². The molecule has 0 radical (unpaired) electrons. The van der Waals surface area contributed by atoms with Crippen molar-refractivity contribution in [3.05, 3.63) is 35.4 Å². The van der Waals surface area contributed by atoms with Crippen molar-refractivity contribution in [3.8, 4) is 0 Å². The molecule has 2 N–H and O–H groups in total. The Morgan fingerprint density at radius 3 is 2.61 bits per heavy atom. The summed E-state index contributed by atoms with van der Waals surface area (Å²) in [6.45, 7) is 4.50. The Morgan fingerprint density at radius 1 is 1.33 bits per heavy atom. The van der Waals surface area contributed by atoms with Crippen LogP contribution in [0.5, 0.6) is 0 Å². The minimum Gasteiger partial charge on any atom is -0.339 e. The zero-order valence-electron chi connectivity index (χ0n) is 11.1. The van der Waals surface area contributed by atoms with Crippen molar-refractivity contribution in [2.24, 2.45) is 11.7 Å². The molecule has 18 heavy (non-hydrogen) atoms. The molecule has 1 aromatic rings. The molecule has 0 atom stereocenters. The lowest BCUT2D eigenvalue weighted by Gasteiger charge is -2.32. The Labute approximate surface area is 109 Å². The van der Waals surface area contributed by atoms with Gasteiger partial charge in [-0.2, -0.15) is 0 Å². The molecule has 3 heteroatoms. The maximum Gasteiger partial charge on any atom is 0.254 e. The van der Waals surface area contributed by atoms with Crippen LogP contribution in [0.1, 0.15) is 35.2 Å². The number of aryl methyl sites for hydroxylation is 1. The smallest absolute Gasteiger partial charge is 0.254 e. The first-order chi connectivity index (χ1) is 8.72. The summed E-state index contributed by atoms with van der Waals surface area (Å²) in [5.74, 6) is 0.884. The standard InChI is InChI=1S/C15H22N2O/c1-12-4-2-3-5-14(12)15(18)17-10-7-13(6-9-16)8-11-17/h2-5,13H,6-11,16H2,1H3. The molecule has 0 aromatic heterocycles. The van der Waals surface area contributed by atoms with E-state index < -0.39 is 0 Å². The molecule has 98 valence electrons. The molecular weight excluding hydrogens is 224 g/mol. The molecule has 2 rings (SSSR count). The van der Waals surface area contributed by atoms with E-state index in [4.69, 9.17) is 5.73 Å². The summed E-state index contributed by atoms with van der Waals surface area (Å²) in [4.78, 5) is 14.4. The van der Waals surface area contributed by atoms with E-state index in [1.807, 2.05) is 36.1 Å². The third-order valence-corrected chi connectivity index (χ3v) is 3.85. The molecule has 1 saturated heterocycles. The number of nitrogens with two attached hydrogens (primary N) is 1. The molecule has 1 aromatic carbocycles.